The largest absolute Gasteiger partial charge is 0.380 e. The van der Waals surface area contributed by atoms with Gasteiger partial charge in [-0.1, -0.05) is 17.7 Å². The summed E-state index contributed by atoms with van der Waals surface area (Å²) in [4.78, 5) is 6.50. The monoisotopic (exact) mass is 370 g/mol. The van der Waals surface area contributed by atoms with Crippen LogP contribution in [0.2, 0.25) is 5.02 Å². The van der Waals surface area contributed by atoms with Crippen LogP contribution < -0.4 is 10.6 Å². The summed E-state index contributed by atoms with van der Waals surface area (Å²) in [5.41, 5.74) is 0.559. The molecule has 25 heavy (non-hydrogen) atoms. The highest BCUT2D eigenvalue weighted by Crippen LogP contribution is 2.31. The first-order valence-corrected chi connectivity index (χ1v) is 9.25. The Balaban J connectivity index is 2.04. The molecule has 2 N–H and O–H groups in total. The minimum Gasteiger partial charge on any atom is -0.380 e. The molecule has 1 aliphatic heterocycles. The maximum absolute atomic E-state index is 14.4. The molecule has 0 radical (unpaired) electrons. The third-order valence-electron chi connectivity index (χ3n) is 4.34. The number of nitrogens with zero attached hydrogens (tertiary/aromatic N) is 2. The van der Waals surface area contributed by atoms with Crippen molar-refractivity contribution in [1.82, 2.24) is 15.5 Å². The van der Waals surface area contributed by atoms with E-state index in [0.717, 1.165) is 25.9 Å². The standard InChI is InChI=1S/C18H28ClFN4O/c1-3-25-12-9-22-18(21-2)23-13-16(24-10-4-5-11-24)17-14(19)7-6-8-15(17)20/h6-8,16H,3-5,9-13H2,1-2H3,(H2,21,22,23). The van der Waals surface area contributed by atoms with E-state index < -0.39 is 0 Å². The average Bonchev–Trinajstić information content (AvgIpc) is 3.13. The summed E-state index contributed by atoms with van der Waals surface area (Å²) in [5, 5.41) is 6.96. The Hall–Kier alpha value is -1.37. The number of guanidine groups is 1. The summed E-state index contributed by atoms with van der Waals surface area (Å²) >= 11 is 6.31. The van der Waals surface area contributed by atoms with Crippen molar-refractivity contribution in [3.05, 3.63) is 34.6 Å². The van der Waals surface area contributed by atoms with Crippen LogP contribution in [0.25, 0.3) is 0 Å². The molecule has 1 aliphatic rings. The molecule has 2 rings (SSSR count). The summed E-state index contributed by atoms with van der Waals surface area (Å²) in [6.45, 7) is 6.38. The molecular weight excluding hydrogens is 343 g/mol. The van der Waals surface area contributed by atoms with Gasteiger partial charge in [0, 0.05) is 37.3 Å². The van der Waals surface area contributed by atoms with Gasteiger partial charge in [0.2, 0.25) is 0 Å². The predicted molar refractivity (Wildman–Crippen MR) is 101 cm³/mol. The molecule has 1 atom stereocenters. The fourth-order valence-corrected chi connectivity index (χ4v) is 3.38. The van der Waals surface area contributed by atoms with Crippen LogP contribution in [-0.4, -0.2) is 57.3 Å². The van der Waals surface area contributed by atoms with Crippen LogP contribution in [0.3, 0.4) is 0 Å². The van der Waals surface area contributed by atoms with E-state index in [1.807, 2.05) is 6.92 Å². The lowest BCUT2D eigenvalue weighted by Gasteiger charge is -2.29. The molecule has 1 unspecified atom stereocenters. The number of hydrogen-bond acceptors (Lipinski definition) is 3. The van der Waals surface area contributed by atoms with Gasteiger partial charge < -0.3 is 15.4 Å². The maximum Gasteiger partial charge on any atom is 0.191 e. The molecule has 0 aromatic heterocycles. The van der Waals surface area contributed by atoms with Gasteiger partial charge in [-0.05, 0) is 45.0 Å². The second-order valence-corrected chi connectivity index (χ2v) is 6.38. The van der Waals surface area contributed by atoms with Crippen molar-refractivity contribution >= 4 is 17.6 Å². The summed E-state index contributed by atoms with van der Waals surface area (Å²) in [7, 11) is 1.72. The lowest BCUT2D eigenvalue weighted by molar-refractivity contribution is 0.152. The summed E-state index contributed by atoms with van der Waals surface area (Å²) in [6.07, 6.45) is 2.26. The van der Waals surface area contributed by atoms with Gasteiger partial charge >= 0.3 is 0 Å². The van der Waals surface area contributed by atoms with Crippen LogP contribution in [-0.2, 0) is 4.74 Å². The molecule has 1 aromatic carbocycles. The normalized spacial score (nSPS) is 16.9. The van der Waals surface area contributed by atoms with Crippen molar-refractivity contribution in [2.24, 2.45) is 4.99 Å². The Morgan fingerprint density at radius 1 is 1.36 bits per heavy atom. The number of rotatable bonds is 8. The van der Waals surface area contributed by atoms with Gasteiger partial charge in [0.1, 0.15) is 5.82 Å². The van der Waals surface area contributed by atoms with Crippen LogP contribution in [0, 0.1) is 5.82 Å². The molecule has 140 valence electrons. The first-order valence-electron chi connectivity index (χ1n) is 8.87. The van der Waals surface area contributed by atoms with Crippen molar-refractivity contribution < 1.29 is 9.13 Å². The van der Waals surface area contributed by atoms with Crippen LogP contribution in [0.15, 0.2) is 23.2 Å². The molecule has 0 bridgehead atoms. The third kappa shape index (κ3) is 5.83. The number of likely N-dealkylation sites (tertiary alicyclic amines) is 1. The number of hydrogen-bond donors (Lipinski definition) is 2. The first-order chi connectivity index (χ1) is 12.2. The topological polar surface area (TPSA) is 48.9 Å². The highest BCUT2D eigenvalue weighted by molar-refractivity contribution is 6.31. The van der Waals surface area contributed by atoms with E-state index in [4.69, 9.17) is 16.3 Å². The second kappa shape index (κ2) is 10.6. The van der Waals surface area contributed by atoms with Gasteiger partial charge in [0.25, 0.3) is 0 Å². The Bertz CT molecular complexity index is 544. The summed E-state index contributed by atoms with van der Waals surface area (Å²) in [5.74, 6) is 0.418. The molecule has 1 heterocycles. The van der Waals surface area contributed by atoms with E-state index in [1.54, 1.807) is 19.2 Å². The minimum atomic E-state index is -0.259. The van der Waals surface area contributed by atoms with Crippen LogP contribution in [0.5, 0.6) is 0 Å². The van der Waals surface area contributed by atoms with E-state index in [2.05, 4.69) is 20.5 Å². The lowest BCUT2D eigenvalue weighted by atomic mass is 10.0. The highest BCUT2D eigenvalue weighted by Gasteiger charge is 2.27. The van der Waals surface area contributed by atoms with Gasteiger partial charge in [-0.15, -0.1) is 0 Å². The van der Waals surface area contributed by atoms with Gasteiger partial charge in [-0.3, -0.25) is 9.89 Å². The predicted octanol–water partition coefficient (Wildman–Crippen LogP) is 2.82. The number of aliphatic imine (C=N–C) groups is 1. The zero-order chi connectivity index (χ0) is 18.1. The molecule has 7 heteroatoms. The van der Waals surface area contributed by atoms with Gasteiger partial charge in [-0.2, -0.15) is 0 Å². The van der Waals surface area contributed by atoms with E-state index in [-0.39, 0.29) is 11.9 Å². The molecule has 0 spiro atoms. The number of nitrogens with one attached hydrogen (secondary N) is 2. The third-order valence-corrected chi connectivity index (χ3v) is 4.67. The van der Waals surface area contributed by atoms with Gasteiger partial charge in [-0.25, -0.2) is 4.39 Å². The van der Waals surface area contributed by atoms with Crippen LogP contribution >= 0.6 is 11.6 Å². The number of ether oxygens (including phenoxy) is 1. The zero-order valence-corrected chi connectivity index (χ0v) is 15.8. The van der Waals surface area contributed by atoms with Gasteiger partial charge in [0.05, 0.1) is 12.6 Å². The molecule has 5 nitrogen and oxygen atoms in total. The lowest BCUT2D eigenvalue weighted by Crippen LogP contribution is -2.43. The fourth-order valence-electron chi connectivity index (χ4n) is 3.10. The SMILES string of the molecule is CCOCCNC(=NC)NCC(c1c(F)cccc1Cl)N1CCCC1. The van der Waals surface area contributed by atoms with E-state index in [9.17, 15) is 4.39 Å². The molecule has 1 saturated heterocycles. The van der Waals surface area contributed by atoms with Crippen molar-refractivity contribution in [2.75, 3.05) is 46.4 Å². The van der Waals surface area contributed by atoms with Crippen LogP contribution in [0.1, 0.15) is 31.4 Å². The molecule has 0 amide bonds. The second-order valence-electron chi connectivity index (χ2n) is 5.97. The zero-order valence-electron chi connectivity index (χ0n) is 15.0. The highest BCUT2D eigenvalue weighted by atomic mass is 35.5. The molecule has 1 fully saturated rings. The Kier molecular flexibility index (Phi) is 8.44. The van der Waals surface area contributed by atoms with Gasteiger partial charge in [0.15, 0.2) is 5.96 Å². The van der Waals surface area contributed by atoms with Crippen molar-refractivity contribution in [3.63, 3.8) is 0 Å². The summed E-state index contributed by atoms with van der Waals surface area (Å²) in [6, 6.07) is 4.74. The Morgan fingerprint density at radius 2 is 2.12 bits per heavy atom. The van der Waals surface area contributed by atoms with Crippen LogP contribution in [0.4, 0.5) is 4.39 Å². The van der Waals surface area contributed by atoms with Crippen molar-refractivity contribution in [3.8, 4) is 0 Å². The van der Waals surface area contributed by atoms with Crippen molar-refractivity contribution in [2.45, 2.75) is 25.8 Å². The minimum absolute atomic E-state index is 0.123. The molecule has 0 aliphatic carbocycles. The average molecular weight is 371 g/mol. The van der Waals surface area contributed by atoms with E-state index in [1.165, 1.54) is 6.07 Å². The van der Waals surface area contributed by atoms with Crippen molar-refractivity contribution in [1.29, 1.82) is 0 Å². The smallest absolute Gasteiger partial charge is 0.191 e. The molecule has 1 aromatic rings. The quantitative estimate of drug-likeness (QED) is 0.419. The molecular formula is C18H28ClFN4O. The Morgan fingerprint density at radius 3 is 2.76 bits per heavy atom. The molecule has 0 saturated carbocycles. The fraction of sp³-hybridized carbons (Fsp3) is 0.611. The number of halogens is 2. The Labute approximate surface area is 154 Å². The first kappa shape index (κ1) is 19.9. The van der Waals surface area contributed by atoms with E-state index in [0.29, 0.717) is 42.8 Å². The maximum atomic E-state index is 14.4. The summed E-state index contributed by atoms with van der Waals surface area (Å²) < 4.78 is 19.8. The van der Waals surface area contributed by atoms with E-state index >= 15 is 0 Å². The number of benzene rings is 1.